The van der Waals surface area contributed by atoms with Crippen molar-refractivity contribution < 1.29 is 9.53 Å². The number of hydrogen-bond acceptors (Lipinski definition) is 3. The fraction of sp³-hybridized carbons (Fsp3) is 0.708. The summed E-state index contributed by atoms with van der Waals surface area (Å²) in [6.07, 6.45) is 13.4. The van der Waals surface area contributed by atoms with Crippen molar-refractivity contribution in [1.29, 1.82) is 0 Å². The molecule has 2 fully saturated rings. The van der Waals surface area contributed by atoms with Crippen LogP contribution in [0.25, 0.3) is 0 Å². The number of methoxy groups -OCH3 is 1. The predicted octanol–water partition coefficient (Wildman–Crippen LogP) is 4.42. The SMILES string of the molecule is COc1ccc2c(c1)CCCC2CC(=O)NC1CCN(C2CCCCCC2)C1. The molecule has 0 spiro atoms. The highest BCUT2D eigenvalue weighted by atomic mass is 16.5. The third-order valence-corrected chi connectivity index (χ3v) is 7.15. The van der Waals surface area contributed by atoms with Crippen molar-refractivity contribution in [2.45, 2.75) is 88.6 Å². The molecule has 1 aromatic rings. The molecule has 0 bridgehead atoms. The van der Waals surface area contributed by atoms with Gasteiger partial charge in [-0.15, -0.1) is 0 Å². The number of nitrogens with one attached hydrogen (secondary N) is 1. The molecule has 4 rings (SSSR count). The van der Waals surface area contributed by atoms with Crippen molar-refractivity contribution in [2.75, 3.05) is 20.2 Å². The molecule has 1 aliphatic heterocycles. The summed E-state index contributed by atoms with van der Waals surface area (Å²) in [5.74, 6) is 1.52. The van der Waals surface area contributed by atoms with Gasteiger partial charge in [0.05, 0.1) is 7.11 Å². The van der Waals surface area contributed by atoms with E-state index in [1.807, 2.05) is 6.07 Å². The molecule has 0 radical (unpaired) electrons. The zero-order valence-electron chi connectivity index (χ0n) is 17.4. The van der Waals surface area contributed by atoms with E-state index >= 15 is 0 Å². The second-order valence-corrected chi connectivity index (χ2v) is 9.05. The Labute approximate surface area is 170 Å². The first kappa shape index (κ1) is 19.8. The first-order valence-electron chi connectivity index (χ1n) is 11.4. The minimum atomic E-state index is 0.237. The van der Waals surface area contributed by atoms with E-state index in [2.05, 4.69) is 22.3 Å². The number of hydrogen-bond donors (Lipinski definition) is 1. The van der Waals surface area contributed by atoms with Crippen LogP contribution in [-0.2, 0) is 11.2 Å². The van der Waals surface area contributed by atoms with Crippen molar-refractivity contribution in [3.05, 3.63) is 29.3 Å². The second kappa shape index (κ2) is 9.30. The standard InChI is InChI=1S/C24H36N2O2/c1-28-22-11-12-23-18(15-22)7-6-8-19(23)16-24(27)25-20-13-14-26(17-20)21-9-4-2-3-5-10-21/h11-12,15,19-21H,2-10,13-14,16-17H2,1H3,(H,25,27). The van der Waals surface area contributed by atoms with E-state index in [-0.39, 0.29) is 5.91 Å². The van der Waals surface area contributed by atoms with E-state index in [4.69, 9.17) is 4.74 Å². The van der Waals surface area contributed by atoms with Crippen LogP contribution in [0, 0.1) is 0 Å². The van der Waals surface area contributed by atoms with Gasteiger partial charge in [0.25, 0.3) is 0 Å². The van der Waals surface area contributed by atoms with Crippen LogP contribution in [0.1, 0.15) is 81.3 Å². The molecule has 1 aromatic carbocycles. The van der Waals surface area contributed by atoms with Gasteiger partial charge in [0, 0.05) is 31.6 Å². The predicted molar refractivity (Wildman–Crippen MR) is 113 cm³/mol. The quantitative estimate of drug-likeness (QED) is 0.764. The van der Waals surface area contributed by atoms with E-state index in [1.54, 1.807) is 7.11 Å². The smallest absolute Gasteiger partial charge is 0.220 e. The Hall–Kier alpha value is -1.55. The van der Waals surface area contributed by atoms with Gasteiger partial charge in [0.15, 0.2) is 0 Å². The number of fused-ring (bicyclic) bond motifs is 1. The Kier molecular flexibility index (Phi) is 6.56. The average Bonchev–Trinajstić information content (AvgIpc) is 2.99. The lowest BCUT2D eigenvalue weighted by Gasteiger charge is -2.27. The lowest BCUT2D eigenvalue weighted by Crippen LogP contribution is -2.40. The summed E-state index contributed by atoms with van der Waals surface area (Å²) >= 11 is 0. The Morgan fingerprint density at radius 1 is 1.11 bits per heavy atom. The molecule has 1 heterocycles. The molecule has 0 aromatic heterocycles. The highest BCUT2D eigenvalue weighted by Gasteiger charge is 2.30. The van der Waals surface area contributed by atoms with E-state index in [9.17, 15) is 4.79 Å². The van der Waals surface area contributed by atoms with Crippen LogP contribution in [0.3, 0.4) is 0 Å². The molecule has 1 saturated heterocycles. The third kappa shape index (κ3) is 4.71. The number of likely N-dealkylation sites (tertiary alicyclic amines) is 1. The molecule has 2 aliphatic carbocycles. The van der Waals surface area contributed by atoms with Crippen molar-refractivity contribution in [2.24, 2.45) is 0 Å². The van der Waals surface area contributed by atoms with Gasteiger partial charge in [-0.05, 0) is 67.7 Å². The Balaban J connectivity index is 1.30. The molecule has 2 unspecified atom stereocenters. The molecule has 4 nitrogen and oxygen atoms in total. The number of amides is 1. The molecule has 1 saturated carbocycles. The van der Waals surface area contributed by atoms with Gasteiger partial charge >= 0.3 is 0 Å². The maximum atomic E-state index is 12.8. The zero-order chi connectivity index (χ0) is 19.3. The van der Waals surface area contributed by atoms with Crippen molar-refractivity contribution >= 4 is 5.91 Å². The van der Waals surface area contributed by atoms with Gasteiger partial charge < -0.3 is 10.1 Å². The number of ether oxygens (including phenoxy) is 1. The van der Waals surface area contributed by atoms with Gasteiger partial charge in [-0.2, -0.15) is 0 Å². The maximum Gasteiger partial charge on any atom is 0.220 e. The topological polar surface area (TPSA) is 41.6 Å². The monoisotopic (exact) mass is 384 g/mol. The molecule has 2 atom stereocenters. The Morgan fingerprint density at radius 2 is 1.93 bits per heavy atom. The summed E-state index contributed by atoms with van der Waals surface area (Å²) in [7, 11) is 1.72. The normalized spacial score (nSPS) is 26.5. The van der Waals surface area contributed by atoms with Gasteiger partial charge in [-0.25, -0.2) is 0 Å². The minimum absolute atomic E-state index is 0.237. The van der Waals surface area contributed by atoms with Crippen LogP contribution in [0.5, 0.6) is 5.75 Å². The molecular weight excluding hydrogens is 348 g/mol. The number of carbonyl (C=O) groups excluding carboxylic acids is 1. The fourth-order valence-corrected chi connectivity index (χ4v) is 5.60. The number of benzene rings is 1. The highest BCUT2D eigenvalue weighted by molar-refractivity contribution is 5.77. The third-order valence-electron chi connectivity index (χ3n) is 7.15. The van der Waals surface area contributed by atoms with Crippen LogP contribution >= 0.6 is 0 Å². The number of rotatable bonds is 5. The summed E-state index contributed by atoms with van der Waals surface area (Å²) in [5.41, 5.74) is 2.72. The summed E-state index contributed by atoms with van der Waals surface area (Å²) < 4.78 is 5.37. The number of aryl methyl sites for hydroxylation is 1. The van der Waals surface area contributed by atoms with E-state index in [1.165, 1.54) is 49.7 Å². The van der Waals surface area contributed by atoms with Crippen LogP contribution < -0.4 is 10.1 Å². The first-order chi connectivity index (χ1) is 13.7. The maximum absolute atomic E-state index is 12.8. The van der Waals surface area contributed by atoms with Gasteiger partial charge in [-0.3, -0.25) is 9.69 Å². The summed E-state index contributed by atoms with van der Waals surface area (Å²) in [6.45, 7) is 2.20. The summed E-state index contributed by atoms with van der Waals surface area (Å²) in [6, 6.07) is 7.46. The van der Waals surface area contributed by atoms with E-state index in [0.717, 1.165) is 50.6 Å². The van der Waals surface area contributed by atoms with E-state index in [0.29, 0.717) is 18.4 Å². The van der Waals surface area contributed by atoms with Crippen molar-refractivity contribution in [3.8, 4) is 5.75 Å². The van der Waals surface area contributed by atoms with Crippen LogP contribution in [0.15, 0.2) is 18.2 Å². The number of nitrogens with zero attached hydrogens (tertiary/aromatic N) is 1. The van der Waals surface area contributed by atoms with Crippen molar-refractivity contribution in [3.63, 3.8) is 0 Å². The van der Waals surface area contributed by atoms with Crippen LogP contribution in [-0.4, -0.2) is 43.1 Å². The largest absolute Gasteiger partial charge is 0.497 e. The number of carbonyl (C=O) groups is 1. The zero-order valence-corrected chi connectivity index (χ0v) is 17.4. The van der Waals surface area contributed by atoms with Gasteiger partial charge in [0.2, 0.25) is 5.91 Å². The van der Waals surface area contributed by atoms with E-state index < -0.39 is 0 Å². The Morgan fingerprint density at radius 3 is 2.71 bits per heavy atom. The summed E-state index contributed by atoms with van der Waals surface area (Å²) in [5, 5.41) is 3.36. The van der Waals surface area contributed by atoms with Crippen molar-refractivity contribution in [1.82, 2.24) is 10.2 Å². The lowest BCUT2D eigenvalue weighted by atomic mass is 9.81. The van der Waals surface area contributed by atoms with Crippen LogP contribution in [0.4, 0.5) is 0 Å². The van der Waals surface area contributed by atoms with Crippen LogP contribution in [0.2, 0.25) is 0 Å². The molecule has 28 heavy (non-hydrogen) atoms. The minimum Gasteiger partial charge on any atom is -0.497 e. The highest BCUT2D eigenvalue weighted by Crippen LogP contribution is 2.36. The second-order valence-electron chi connectivity index (χ2n) is 9.05. The summed E-state index contributed by atoms with van der Waals surface area (Å²) in [4.78, 5) is 15.4. The molecule has 154 valence electrons. The molecular formula is C24H36N2O2. The molecule has 3 aliphatic rings. The lowest BCUT2D eigenvalue weighted by molar-refractivity contribution is -0.122. The van der Waals surface area contributed by atoms with Gasteiger partial charge in [-0.1, -0.05) is 31.7 Å². The molecule has 1 amide bonds. The fourth-order valence-electron chi connectivity index (χ4n) is 5.60. The van der Waals surface area contributed by atoms with Gasteiger partial charge in [0.1, 0.15) is 5.75 Å². The average molecular weight is 385 g/mol. The first-order valence-corrected chi connectivity index (χ1v) is 11.4. The Bertz CT molecular complexity index is 667. The molecule has 1 N–H and O–H groups in total. The molecule has 4 heteroatoms.